The molecule has 0 saturated carbocycles. The maximum Gasteiger partial charge on any atom is 0.345 e. The molecule has 0 unspecified atom stereocenters. The van der Waals surface area contributed by atoms with Gasteiger partial charge < -0.3 is 30.4 Å². The second-order valence-electron chi connectivity index (χ2n) is 7.39. The predicted octanol–water partition coefficient (Wildman–Crippen LogP) is 1.56. The molecule has 0 aliphatic carbocycles. The van der Waals surface area contributed by atoms with E-state index in [1.807, 2.05) is 32.2 Å². The predicted molar refractivity (Wildman–Crippen MR) is 110 cm³/mol. The number of fused-ring (bicyclic) bond motifs is 1. The average molecular weight is 396 g/mol. The van der Waals surface area contributed by atoms with Gasteiger partial charge in [-0.2, -0.15) is 0 Å². The summed E-state index contributed by atoms with van der Waals surface area (Å²) in [6.07, 6.45) is 0.385. The number of aromatic amines is 1. The van der Waals surface area contributed by atoms with Gasteiger partial charge in [-0.15, -0.1) is 0 Å². The molecule has 0 atom stereocenters. The number of hydrogen-bond acceptors (Lipinski definition) is 5. The summed E-state index contributed by atoms with van der Waals surface area (Å²) in [7, 11) is 2.02. The lowest BCUT2D eigenvalue weighted by molar-refractivity contribution is 0.0691. The highest BCUT2D eigenvalue weighted by Crippen LogP contribution is 2.32. The van der Waals surface area contributed by atoms with E-state index in [0.717, 1.165) is 41.8 Å². The summed E-state index contributed by atoms with van der Waals surface area (Å²) in [4.78, 5) is 26.2. The smallest absolute Gasteiger partial charge is 0.345 e. The Labute approximate surface area is 167 Å². The minimum absolute atomic E-state index is 0.385. The number of aromatic nitrogens is 2. The number of carboxylic acid groups (broad SMARTS) is 1. The van der Waals surface area contributed by atoms with Crippen LogP contribution in [0.3, 0.4) is 0 Å². The van der Waals surface area contributed by atoms with Crippen molar-refractivity contribution >= 4 is 16.9 Å². The first kappa shape index (κ1) is 19.2. The Balaban J connectivity index is 1.76. The molecule has 3 heterocycles. The number of carboxylic acids is 1. The molecule has 1 fully saturated rings. The van der Waals surface area contributed by atoms with Crippen molar-refractivity contribution in [2.45, 2.75) is 25.9 Å². The summed E-state index contributed by atoms with van der Waals surface area (Å²) in [6.45, 7) is 4.54. The zero-order valence-electron chi connectivity index (χ0n) is 16.4. The first-order chi connectivity index (χ1) is 13.9. The molecule has 0 radical (unpaired) electrons. The van der Waals surface area contributed by atoms with E-state index in [9.17, 15) is 19.8 Å². The first-order valence-corrected chi connectivity index (χ1v) is 9.65. The van der Waals surface area contributed by atoms with Crippen LogP contribution in [0.5, 0.6) is 5.75 Å². The minimum Gasteiger partial charge on any atom is -0.506 e. The number of carbonyl (C=O) groups is 1. The number of hydrogen-bond donors (Lipinski definition) is 5. The van der Waals surface area contributed by atoms with E-state index in [0.29, 0.717) is 23.7 Å². The Kier molecular flexibility index (Phi) is 4.89. The lowest BCUT2D eigenvalue weighted by Crippen LogP contribution is -2.55. The summed E-state index contributed by atoms with van der Waals surface area (Å²) in [6, 6.07) is 8.40. The van der Waals surface area contributed by atoms with Gasteiger partial charge in [0.15, 0.2) is 5.56 Å². The second-order valence-corrected chi connectivity index (χ2v) is 7.39. The molecule has 5 N–H and O–H groups in total. The Hall–Kier alpha value is -3.10. The summed E-state index contributed by atoms with van der Waals surface area (Å²) in [5, 5.41) is 27.4. The van der Waals surface area contributed by atoms with Gasteiger partial charge in [0.05, 0.1) is 5.69 Å². The molecule has 3 aromatic rings. The van der Waals surface area contributed by atoms with E-state index in [1.165, 1.54) is 0 Å². The van der Waals surface area contributed by atoms with Gasteiger partial charge in [0.2, 0.25) is 0 Å². The highest BCUT2D eigenvalue weighted by atomic mass is 16.4. The van der Waals surface area contributed by atoms with Gasteiger partial charge in [0.25, 0.3) is 5.56 Å². The molecular formula is C21H24N4O4. The lowest BCUT2D eigenvalue weighted by Gasteiger charge is -2.28. The Bertz CT molecular complexity index is 1160. The number of aromatic carboxylic acids is 1. The van der Waals surface area contributed by atoms with Gasteiger partial charge in [-0.1, -0.05) is 13.0 Å². The molecule has 0 amide bonds. The van der Waals surface area contributed by atoms with Crippen molar-refractivity contribution in [3.05, 3.63) is 51.4 Å². The van der Waals surface area contributed by atoms with Gasteiger partial charge >= 0.3 is 5.97 Å². The molecule has 152 valence electrons. The molecule has 1 aromatic carbocycles. The summed E-state index contributed by atoms with van der Waals surface area (Å²) >= 11 is 0. The van der Waals surface area contributed by atoms with Crippen LogP contribution in [0.2, 0.25) is 0 Å². The maximum absolute atomic E-state index is 12.2. The lowest BCUT2D eigenvalue weighted by atomic mass is 9.99. The van der Waals surface area contributed by atoms with Crippen LogP contribution in [-0.2, 0) is 20.0 Å². The molecule has 1 aliphatic rings. The van der Waals surface area contributed by atoms with E-state index in [1.54, 1.807) is 0 Å². The zero-order chi connectivity index (χ0) is 20.7. The van der Waals surface area contributed by atoms with Crippen LogP contribution in [-0.4, -0.2) is 44.9 Å². The quantitative estimate of drug-likeness (QED) is 0.431. The molecule has 0 bridgehead atoms. The van der Waals surface area contributed by atoms with Crippen molar-refractivity contribution in [2.24, 2.45) is 7.05 Å². The van der Waals surface area contributed by atoms with Gasteiger partial charge in [-0.3, -0.25) is 4.79 Å². The summed E-state index contributed by atoms with van der Waals surface area (Å²) in [5.74, 6) is -1.91. The Morgan fingerprint density at radius 2 is 2.07 bits per heavy atom. The summed E-state index contributed by atoms with van der Waals surface area (Å²) < 4.78 is 2.13. The standard InChI is InChI=1S/C21H24N4O4/c1-3-15-18(24-20(27)17(19(15)26)21(28)29)11-4-5-16-12(6-11)7-14(25(16)2)10-23-13-8-22-9-13/h4-7,13,22-23H,3,8-10H2,1-2H3,(H,28,29)(H2,24,26,27). The number of aromatic hydroxyl groups is 1. The normalized spacial score (nSPS) is 14.3. The van der Waals surface area contributed by atoms with Crippen molar-refractivity contribution in [2.75, 3.05) is 13.1 Å². The number of nitrogens with zero attached hydrogens (tertiary/aromatic N) is 1. The molecular weight excluding hydrogens is 372 g/mol. The molecule has 4 rings (SSSR count). The molecule has 1 saturated heterocycles. The molecule has 0 spiro atoms. The van der Waals surface area contributed by atoms with Crippen LogP contribution in [0.4, 0.5) is 0 Å². The van der Waals surface area contributed by atoms with E-state index in [-0.39, 0.29) is 0 Å². The second kappa shape index (κ2) is 7.38. The number of benzene rings is 1. The third kappa shape index (κ3) is 3.30. The minimum atomic E-state index is -1.44. The molecule has 29 heavy (non-hydrogen) atoms. The molecule has 1 aliphatic heterocycles. The van der Waals surface area contributed by atoms with Crippen molar-refractivity contribution in [1.29, 1.82) is 0 Å². The van der Waals surface area contributed by atoms with Crippen molar-refractivity contribution < 1.29 is 15.0 Å². The third-order valence-electron chi connectivity index (χ3n) is 5.64. The number of H-pyrrole nitrogens is 1. The highest BCUT2D eigenvalue weighted by Gasteiger charge is 2.22. The van der Waals surface area contributed by atoms with E-state index >= 15 is 0 Å². The monoisotopic (exact) mass is 396 g/mol. The van der Waals surface area contributed by atoms with Gasteiger partial charge in [0, 0.05) is 54.9 Å². The van der Waals surface area contributed by atoms with Crippen LogP contribution in [0.15, 0.2) is 29.1 Å². The number of rotatable bonds is 6. The summed E-state index contributed by atoms with van der Waals surface area (Å²) in [5.41, 5.74) is 2.37. The van der Waals surface area contributed by atoms with Crippen LogP contribution < -0.4 is 16.2 Å². The SMILES string of the molecule is CCc1c(-c2ccc3c(c2)cc(CNC2CNC2)n3C)[nH]c(=O)c(C(=O)O)c1O. The van der Waals surface area contributed by atoms with Crippen molar-refractivity contribution in [3.8, 4) is 17.0 Å². The van der Waals surface area contributed by atoms with Crippen LogP contribution in [0, 0.1) is 0 Å². The number of nitrogens with one attached hydrogen (secondary N) is 3. The third-order valence-corrected chi connectivity index (χ3v) is 5.64. The van der Waals surface area contributed by atoms with Gasteiger partial charge in [-0.05, 0) is 30.2 Å². The Morgan fingerprint density at radius 1 is 1.31 bits per heavy atom. The van der Waals surface area contributed by atoms with Crippen molar-refractivity contribution in [1.82, 2.24) is 20.2 Å². The largest absolute Gasteiger partial charge is 0.506 e. The number of pyridine rings is 1. The average Bonchev–Trinajstić information content (AvgIpc) is 2.95. The van der Waals surface area contributed by atoms with Crippen LogP contribution >= 0.6 is 0 Å². The fraction of sp³-hybridized carbons (Fsp3) is 0.333. The molecule has 8 heteroatoms. The zero-order valence-corrected chi connectivity index (χ0v) is 16.4. The van der Waals surface area contributed by atoms with E-state index in [2.05, 4.69) is 26.3 Å². The topological polar surface area (TPSA) is 119 Å². The van der Waals surface area contributed by atoms with Crippen LogP contribution in [0.1, 0.15) is 28.5 Å². The van der Waals surface area contributed by atoms with Crippen molar-refractivity contribution in [3.63, 3.8) is 0 Å². The maximum atomic E-state index is 12.2. The van der Waals surface area contributed by atoms with Gasteiger partial charge in [-0.25, -0.2) is 4.79 Å². The van der Waals surface area contributed by atoms with E-state index in [4.69, 9.17) is 0 Å². The fourth-order valence-electron chi connectivity index (χ4n) is 3.83. The first-order valence-electron chi connectivity index (χ1n) is 9.65. The highest BCUT2D eigenvalue weighted by molar-refractivity contribution is 5.92. The van der Waals surface area contributed by atoms with Crippen LogP contribution in [0.25, 0.3) is 22.2 Å². The van der Waals surface area contributed by atoms with Gasteiger partial charge in [0.1, 0.15) is 5.75 Å². The Morgan fingerprint density at radius 3 is 2.69 bits per heavy atom. The molecule has 2 aromatic heterocycles. The van der Waals surface area contributed by atoms with E-state index < -0.39 is 22.8 Å². The number of aryl methyl sites for hydroxylation is 1. The molecule has 8 nitrogen and oxygen atoms in total. The fourth-order valence-corrected chi connectivity index (χ4v) is 3.83.